The zero-order valence-corrected chi connectivity index (χ0v) is 9.16. The van der Waals surface area contributed by atoms with E-state index in [1.807, 2.05) is 18.8 Å². The van der Waals surface area contributed by atoms with E-state index in [2.05, 4.69) is 19.2 Å². The summed E-state index contributed by atoms with van der Waals surface area (Å²) in [5.74, 6) is 2.68. The van der Waals surface area contributed by atoms with Crippen LogP contribution in [-0.4, -0.2) is 36.3 Å². The number of aliphatic hydroxyl groups excluding tert-OH is 1. The summed E-state index contributed by atoms with van der Waals surface area (Å²) in [4.78, 5) is 0. The van der Waals surface area contributed by atoms with E-state index in [1.165, 1.54) is 6.42 Å². The van der Waals surface area contributed by atoms with Gasteiger partial charge in [-0.1, -0.05) is 20.3 Å². The van der Waals surface area contributed by atoms with Gasteiger partial charge in [0.15, 0.2) is 0 Å². The highest BCUT2D eigenvalue weighted by atomic mass is 32.2. The summed E-state index contributed by atoms with van der Waals surface area (Å²) in [6, 6.07) is 0.589. The summed E-state index contributed by atoms with van der Waals surface area (Å²) in [6.07, 6.45) is 1.21. The first-order valence-electron chi connectivity index (χ1n) is 4.62. The molecule has 0 saturated heterocycles. The van der Waals surface area contributed by atoms with Gasteiger partial charge in [0.2, 0.25) is 0 Å². The molecule has 0 aliphatic rings. The average Bonchev–Trinajstić information content (AvgIpc) is 2.11. The molecule has 2 nitrogen and oxygen atoms in total. The zero-order valence-electron chi connectivity index (χ0n) is 8.34. The van der Waals surface area contributed by atoms with Crippen molar-refractivity contribution in [2.75, 3.05) is 25.2 Å². The lowest BCUT2D eigenvalue weighted by Crippen LogP contribution is -2.34. The monoisotopic (exact) mass is 191 g/mol. The van der Waals surface area contributed by atoms with E-state index in [4.69, 9.17) is 5.11 Å². The molecule has 0 rings (SSSR count). The van der Waals surface area contributed by atoms with Crippen molar-refractivity contribution >= 4 is 11.8 Å². The highest BCUT2D eigenvalue weighted by molar-refractivity contribution is 7.99. The maximum atomic E-state index is 8.61. The van der Waals surface area contributed by atoms with Gasteiger partial charge in [0.1, 0.15) is 0 Å². The molecule has 0 bridgehead atoms. The predicted molar refractivity (Wildman–Crippen MR) is 56.7 cm³/mol. The summed E-state index contributed by atoms with van der Waals surface area (Å²) in [7, 11) is 2.01. The minimum atomic E-state index is 0.293. The van der Waals surface area contributed by atoms with Crippen molar-refractivity contribution in [1.29, 1.82) is 0 Å². The van der Waals surface area contributed by atoms with E-state index in [0.29, 0.717) is 12.6 Å². The molecule has 74 valence electrons. The summed E-state index contributed by atoms with van der Waals surface area (Å²) in [6.45, 7) is 4.77. The van der Waals surface area contributed by atoms with Crippen LogP contribution in [0.4, 0.5) is 0 Å². The van der Waals surface area contributed by atoms with Crippen LogP contribution in [0, 0.1) is 5.92 Å². The van der Waals surface area contributed by atoms with Crippen LogP contribution in [0.2, 0.25) is 0 Å². The topological polar surface area (TPSA) is 32.3 Å². The van der Waals surface area contributed by atoms with E-state index < -0.39 is 0 Å². The van der Waals surface area contributed by atoms with Crippen LogP contribution >= 0.6 is 11.8 Å². The standard InChI is InChI=1S/C9H21NOS/c1-4-8(2)9(10-3)7-12-6-5-11/h8-11H,4-7H2,1-3H3. The molecule has 2 unspecified atom stereocenters. The second-order valence-electron chi connectivity index (χ2n) is 3.08. The first kappa shape index (κ1) is 12.3. The Balaban J connectivity index is 3.52. The van der Waals surface area contributed by atoms with Gasteiger partial charge in [-0.25, -0.2) is 0 Å². The van der Waals surface area contributed by atoms with E-state index in [1.54, 1.807) is 0 Å². The quantitative estimate of drug-likeness (QED) is 0.596. The van der Waals surface area contributed by atoms with E-state index in [0.717, 1.165) is 17.4 Å². The van der Waals surface area contributed by atoms with Gasteiger partial charge < -0.3 is 10.4 Å². The van der Waals surface area contributed by atoms with Crippen molar-refractivity contribution in [3.63, 3.8) is 0 Å². The van der Waals surface area contributed by atoms with Crippen LogP contribution in [0.1, 0.15) is 20.3 Å². The van der Waals surface area contributed by atoms with Gasteiger partial charge in [0.05, 0.1) is 6.61 Å². The minimum Gasteiger partial charge on any atom is -0.396 e. The highest BCUT2D eigenvalue weighted by Crippen LogP contribution is 2.12. The van der Waals surface area contributed by atoms with Crippen LogP contribution in [0.3, 0.4) is 0 Å². The Morgan fingerprint density at radius 3 is 2.58 bits per heavy atom. The Morgan fingerprint density at radius 2 is 2.17 bits per heavy atom. The van der Waals surface area contributed by atoms with Crippen LogP contribution in [-0.2, 0) is 0 Å². The Kier molecular flexibility index (Phi) is 8.07. The van der Waals surface area contributed by atoms with Crippen molar-refractivity contribution in [2.45, 2.75) is 26.3 Å². The Morgan fingerprint density at radius 1 is 1.50 bits per heavy atom. The largest absolute Gasteiger partial charge is 0.396 e. The van der Waals surface area contributed by atoms with Crippen LogP contribution in [0.25, 0.3) is 0 Å². The molecule has 2 atom stereocenters. The van der Waals surface area contributed by atoms with E-state index >= 15 is 0 Å². The molecule has 0 aliphatic carbocycles. The van der Waals surface area contributed by atoms with Gasteiger partial charge in [-0.05, 0) is 13.0 Å². The van der Waals surface area contributed by atoms with Crippen LogP contribution in [0.15, 0.2) is 0 Å². The Bertz CT molecular complexity index is 101. The molecule has 0 spiro atoms. The van der Waals surface area contributed by atoms with E-state index in [-0.39, 0.29) is 0 Å². The lowest BCUT2D eigenvalue weighted by molar-refractivity contribution is 0.322. The fourth-order valence-corrected chi connectivity index (χ4v) is 2.14. The average molecular weight is 191 g/mol. The van der Waals surface area contributed by atoms with Gasteiger partial charge in [0.25, 0.3) is 0 Å². The van der Waals surface area contributed by atoms with Crippen molar-refractivity contribution in [3.8, 4) is 0 Å². The molecule has 0 radical (unpaired) electrons. The number of thioether (sulfide) groups is 1. The Hall–Kier alpha value is 0.270. The third-order valence-electron chi connectivity index (χ3n) is 2.23. The second kappa shape index (κ2) is 7.90. The predicted octanol–water partition coefficient (Wildman–Crippen LogP) is 1.35. The highest BCUT2D eigenvalue weighted by Gasteiger charge is 2.12. The fourth-order valence-electron chi connectivity index (χ4n) is 1.09. The molecule has 0 saturated carbocycles. The van der Waals surface area contributed by atoms with Gasteiger partial charge in [-0.15, -0.1) is 0 Å². The summed E-state index contributed by atoms with van der Waals surface area (Å²) in [5, 5.41) is 11.9. The summed E-state index contributed by atoms with van der Waals surface area (Å²) < 4.78 is 0. The maximum Gasteiger partial charge on any atom is 0.0521 e. The molecule has 3 heteroatoms. The van der Waals surface area contributed by atoms with Gasteiger partial charge in [-0.3, -0.25) is 0 Å². The molecule has 0 fully saturated rings. The number of nitrogens with one attached hydrogen (secondary N) is 1. The summed E-state index contributed by atoms with van der Waals surface area (Å²) >= 11 is 1.82. The smallest absolute Gasteiger partial charge is 0.0521 e. The molecular formula is C9H21NOS. The summed E-state index contributed by atoms with van der Waals surface area (Å²) in [5.41, 5.74) is 0. The molecule has 0 aromatic heterocycles. The van der Waals surface area contributed by atoms with E-state index in [9.17, 15) is 0 Å². The Labute approximate surface area is 80.1 Å². The van der Waals surface area contributed by atoms with Crippen molar-refractivity contribution in [1.82, 2.24) is 5.32 Å². The number of hydrogen-bond acceptors (Lipinski definition) is 3. The number of aliphatic hydroxyl groups is 1. The molecular weight excluding hydrogens is 170 g/mol. The maximum absolute atomic E-state index is 8.61. The molecule has 0 aliphatic heterocycles. The van der Waals surface area contributed by atoms with Gasteiger partial charge in [-0.2, -0.15) is 11.8 Å². The first-order valence-corrected chi connectivity index (χ1v) is 5.77. The molecule has 0 aromatic carbocycles. The fraction of sp³-hybridized carbons (Fsp3) is 1.00. The lowest BCUT2D eigenvalue weighted by atomic mass is 10.0. The normalized spacial score (nSPS) is 16.0. The van der Waals surface area contributed by atoms with Crippen molar-refractivity contribution in [3.05, 3.63) is 0 Å². The van der Waals surface area contributed by atoms with Crippen molar-refractivity contribution in [2.24, 2.45) is 5.92 Å². The number of hydrogen-bond donors (Lipinski definition) is 2. The molecule has 0 aromatic rings. The third-order valence-corrected chi connectivity index (χ3v) is 3.30. The zero-order chi connectivity index (χ0) is 9.40. The molecule has 12 heavy (non-hydrogen) atoms. The molecule has 2 N–H and O–H groups in total. The van der Waals surface area contributed by atoms with Crippen molar-refractivity contribution < 1.29 is 5.11 Å². The van der Waals surface area contributed by atoms with Crippen LogP contribution in [0.5, 0.6) is 0 Å². The lowest BCUT2D eigenvalue weighted by Gasteiger charge is -2.21. The van der Waals surface area contributed by atoms with Crippen LogP contribution < -0.4 is 5.32 Å². The number of rotatable bonds is 7. The minimum absolute atomic E-state index is 0.293. The third kappa shape index (κ3) is 5.01. The SMILES string of the molecule is CCC(C)C(CSCCO)NC. The molecule has 0 heterocycles. The van der Waals surface area contributed by atoms with Gasteiger partial charge in [0, 0.05) is 17.5 Å². The molecule has 0 amide bonds. The van der Waals surface area contributed by atoms with Gasteiger partial charge >= 0.3 is 0 Å². The first-order chi connectivity index (χ1) is 5.76. The second-order valence-corrected chi connectivity index (χ2v) is 4.23.